The second kappa shape index (κ2) is 7.62. The van der Waals surface area contributed by atoms with Gasteiger partial charge >= 0.3 is 0 Å². The molecule has 0 spiro atoms. The van der Waals surface area contributed by atoms with Crippen molar-refractivity contribution in [2.75, 3.05) is 27.4 Å². The van der Waals surface area contributed by atoms with E-state index >= 15 is 0 Å². The number of methoxy groups -OCH3 is 2. The van der Waals surface area contributed by atoms with Gasteiger partial charge in [-0.1, -0.05) is 13.8 Å². The summed E-state index contributed by atoms with van der Waals surface area (Å²) < 4.78 is 16.3. The minimum absolute atomic E-state index is 0.0201. The van der Waals surface area contributed by atoms with Gasteiger partial charge < -0.3 is 25.3 Å². The van der Waals surface area contributed by atoms with Crippen LogP contribution in [-0.2, 0) is 16.0 Å². The Kier molecular flexibility index (Phi) is 5.95. The van der Waals surface area contributed by atoms with Crippen LogP contribution in [0.2, 0.25) is 0 Å². The zero-order chi connectivity index (χ0) is 18.7. The Labute approximate surface area is 150 Å². The van der Waals surface area contributed by atoms with Crippen LogP contribution in [0.1, 0.15) is 32.8 Å². The first-order valence-electron chi connectivity index (χ1n) is 8.69. The van der Waals surface area contributed by atoms with E-state index in [1.165, 1.54) is 0 Å². The fraction of sp³-hybridized carbons (Fsp3) is 0.632. The summed E-state index contributed by atoms with van der Waals surface area (Å²) in [5.74, 6) is 1.41. The molecule has 2 rings (SSSR count). The van der Waals surface area contributed by atoms with Gasteiger partial charge in [-0.2, -0.15) is 0 Å². The van der Waals surface area contributed by atoms with E-state index in [4.69, 9.17) is 19.9 Å². The molecule has 1 aromatic carbocycles. The molecule has 6 nitrogen and oxygen atoms in total. The molecule has 1 saturated carbocycles. The highest BCUT2D eigenvalue weighted by atomic mass is 16.5. The lowest BCUT2D eigenvalue weighted by Crippen LogP contribution is -2.75. The first-order chi connectivity index (χ1) is 11.8. The molecule has 0 radical (unpaired) electrons. The van der Waals surface area contributed by atoms with Gasteiger partial charge in [-0.15, -0.1) is 0 Å². The van der Waals surface area contributed by atoms with E-state index in [1.807, 2.05) is 39.0 Å². The predicted octanol–water partition coefficient (Wildman–Crippen LogP) is 1.89. The summed E-state index contributed by atoms with van der Waals surface area (Å²) in [7, 11) is 3.25. The minimum Gasteiger partial charge on any atom is -0.497 e. The molecule has 6 heteroatoms. The van der Waals surface area contributed by atoms with E-state index in [1.54, 1.807) is 14.2 Å². The summed E-state index contributed by atoms with van der Waals surface area (Å²) in [6.07, 6.45) is 1.20. The maximum absolute atomic E-state index is 12.6. The molecule has 1 aromatic rings. The number of benzene rings is 1. The Morgan fingerprint density at radius 1 is 1.32 bits per heavy atom. The van der Waals surface area contributed by atoms with Crippen LogP contribution in [0.4, 0.5) is 0 Å². The smallest absolute Gasteiger partial charge is 0.240 e. The van der Waals surface area contributed by atoms with Gasteiger partial charge in [0.1, 0.15) is 17.0 Å². The summed E-state index contributed by atoms with van der Waals surface area (Å²) in [5, 5.41) is 2.96. The van der Waals surface area contributed by atoms with Crippen LogP contribution in [0, 0.1) is 5.41 Å². The second-order valence-electron chi connectivity index (χ2n) is 7.02. The number of nitrogens with one attached hydrogen (secondary N) is 1. The quantitative estimate of drug-likeness (QED) is 0.748. The van der Waals surface area contributed by atoms with Crippen molar-refractivity contribution in [2.24, 2.45) is 11.1 Å². The molecule has 140 valence electrons. The summed E-state index contributed by atoms with van der Waals surface area (Å²) >= 11 is 0. The lowest BCUT2D eigenvalue weighted by atomic mass is 9.54. The largest absolute Gasteiger partial charge is 0.497 e. The van der Waals surface area contributed by atoms with Crippen molar-refractivity contribution in [3.63, 3.8) is 0 Å². The van der Waals surface area contributed by atoms with Gasteiger partial charge in [0.15, 0.2) is 0 Å². The Hall–Kier alpha value is -1.79. The van der Waals surface area contributed by atoms with Gasteiger partial charge in [-0.25, -0.2) is 0 Å². The molecule has 1 fully saturated rings. The Bertz CT molecular complexity index is 617. The van der Waals surface area contributed by atoms with E-state index in [0.717, 1.165) is 17.1 Å². The predicted molar refractivity (Wildman–Crippen MR) is 97.0 cm³/mol. The number of carbonyl (C=O) groups excluding carboxylic acids is 1. The van der Waals surface area contributed by atoms with Crippen molar-refractivity contribution < 1.29 is 19.0 Å². The van der Waals surface area contributed by atoms with Crippen LogP contribution in [0.3, 0.4) is 0 Å². The van der Waals surface area contributed by atoms with Crippen molar-refractivity contribution >= 4 is 5.91 Å². The van der Waals surface area contributed by atoms with Crippen molar-refractivity contribution in [3.8, 4) is 11.5 Å². The third kappa shape index (κ3) is 3.60. The van der Waals surface area contributed by atoms with Gasteiger partial charge in [0, 0.05) is 25.0 Å². The fourth-order valence-electron chi connectivity index (χ4n) is 3.37. The van der Waals surface area contributed by atoms with Crippen LogP contribution in [-0.4, -0.2) is 44.9 Å². The molecule has 0 aromatic heterocycles. The third-order valence-corrected chi connectivity index (χ3v) is 5.40. The van der Waals surface area contributed by atoms with Gasteiger partial charge in [0.25, 0.3) is 0 Å². The average molecular weight is 350 g/mol. The molecular formula is C19H30N2O4. The van der Waals surface area contributed by atoms with Crippen LogP contribution < -0.4 is 20.5 Å². The summed E-state index contributed by atoms with van der Waals surface area (Å²) in [6.45, 7) is 7.04. The van der Waals surface area contributed by atoms with Crippen LogP contribution in [0.15, 0.2) is 18.2 Å². The number of carbonyl (C=O) groups is 1. The third-order valence-electron chi connectivity index (χ3n) is 5.40. The highest BCUT2D eigenvalue weighted by Gasteiger charge is 2.62. The van der Waals surface area contributed by atoms with Crippen LogP contribution >= 0.6 is 0 Å². The average Bonchev–Trinajstić information content (AvgIpc) is 2.60. The Morgan fingerprint density at radius 3 is 2.60 bits per heavy atom. The molecule has 0 saturated heterocycles. The Morgan fingerprint density at radius 2 is 2.04 bits per heavy atom. The normalized spacial score (nSPS) is 24.3. The zero-order valence-electron chi connectivity index (χ0n) is 15.8. The van der Waals surface area contributed by atoms with E-state index < -0.39 is 5.54 Å². The van der Waals surface area contributed by atoms with Gasteiger partial charge in [0.2, 0.25) is 5.91 Å². The minimum atomic E-state index is -0.898. The van der Waals surface area contributed by atoms with Crippen molar-refractivity contribution in [1.82, 2.24) is 5.32 Å². The molecule has 3 N–H and O–H groups in total. The molecule has 2 atom stereocenters. The maximum Gasteiger partial charge on any atom is 0.240 e. The zero-order valence-corrected chi connectivity index (χ0v) is 15.8. The molecule has 2 unspecified atom stereocenters. The van der Waals surface area contributed by atoms with Gasteiger partial charge in [-0.3, -0.25) is 4.79 Å². The van der Waals surface area contributed by atoms with Gasteiger partial charge in [0.05, 0.1) is 20.3 Å². The molecule has 1 aliphatic carbocycles. The monoisotopic (exact) mass is 350 g/mol. The topological polar surface area (TPSA) is 82.8 Å². The van der Waals surface area contributed by atoms with E-state index in [2.05, 4.69) is 5.32 Å². The first-order valence-corrected chi connectivity index (χ1v) is 8.69. The maximum atomic E-state index is 12.6. The Balaban J connectivity index is 1.95. The summed E-state index contributed by atoms with van der Waals surface area (Å²) in [6, 6.07) is 5.63. The summed E-state index contributed by atoms with van der Waals surface area (Å²) in [4.78, 5) is 12.6. The number of hydrogen-bond donors (Lipinski definition) is 2. The number of rotatable bonds is 8. The molecule has 25 heavy (non-hydrogen) atoms. The molecular weight excluding hydrogens is 320 g/mol. The number of hydrogen-bond acceptors (Lipinski definition) is 5. The van der Waals surface area contributed by atoms with Crippen LogP contribution in [0.5, 0.6) is 11.5 Å². The van der Waals surface area contributed by atoms with E-state index in [9.17, 15) is 4.79 Å². The lowest BCUT2D eigenvalue weighted by molar-refractivity contribution is -0.170. The molecule has 1 amide bonds. The highest BCUT2D eigenvalue weighted by molar-refractivity contribution is 5.88. The number of amides is 1. The molecule has 0 bridgehead atoms. The van der Waals surface area contributed by atoms with Crippen LogP contribution in [0.25, 0.3) is 0 Å². The second-order valence-corrected chi connectivity index (χ2v) is 7.02. The first kappa shape index (κ1) is 19.5. The van der Waals surface area contributed by atoms with Crippen molar-refractivity contribution in [2.45, 2.75) is 45.3 Å². The van der Waals surface area contributed by atoms with Crippen molar-refractivity contribution in [1.29, 1.82) is 0 Å². The van der Waals surface area contributed by atoms with E-state index in [-0.39, 0.29) is 17.4 Å². The van der Waals surface area contributed by atoms with Crippen molar-refractivity contribution in [3.05, 3.63) is 23.8 Å². The van der Waals surface area contributed by atoms with E-state index in [0.29, 0.717) is 26.0 Å². The van der Waals surface area contributed by atoms with Gasteiger partial charge in [-0.05, 0) is 37.1 Å². The lowest BCUT2D eigenvalue weighted by Gasteiger charge is -2.57. The highest BCUT2D eigenvalue weighted by Crippen LogP contribution is 2.49. The molecule has 0 aliphatic heterocycles. The SMILES string of the molecule is CCOC1CC(N)(C(=O)NCCc2cc(OC)ccc2OC)C1(C)C. The molecule has 0 heterocycles. The molecule has 1 aliphatic rings. The summed E-state index contributed by atoms with van der Waals surface area (Å²) in [5.41, 5.74) is 6.08. The standard InChI is InChI=1S/C19H30N2O4/c1-6-25-16-12-19(20,18(16,2)3)17(22)21-10-9-13-11-14(23-4)7-8-15(13)24-5/h7-8,11,16H,6,9-10,12,20H2,1-5H3,(H,21,22). The fourth-order valence-corrected chi connectivity index (χ4v) is 3.37. The number of nitrogens with two attached hydrogens (primary N) is 1. The number of ether oxygens (including phenoxy) is 3.